The second kappa shape index (κ2) is 16.6. The van der Waals surface area contributed by atoms with E-state index in [0.29, 0.717) is 21.3 Å². The number of aromatic nitrogens is 6. The number of rotatable bonds is 3. The van der Waals surface area contributed by atoms with Crippen molar-refractivity contribution in [2.45, 2.75) is 9.79 Å². The largest absolute Gasteiger partial charge is 1.00 e. The molecule has 0 saturated carbocycles. The second-order valence-corrected chi connectivity index (χ2v) is 13.5. The summed E-state index contributed by atoms with van der Waals surface area (Å²) >= 11 is 16.5. The average molecular weight is 711 g/mol. The quantitative estimate of drug-likeness (QED) is 0.167. The molecule has 6 aromatic rings. The van der Waals surface area contributed by atoms with Gasteiger partial charge in [0.2, 0.25) is 10.6 Å². The van der Waals surface area contributed by atoms with Gasteiger partial charge in [-0.3, -0.25) is 8.96 Å². The average Bonchev–Trinajstić information content (AvgIpc) is 3.57. The topological polar surface area (TPSA) is 141 Å². The Labute approximate surface area is 293 Å². The van der Waals surface area contributed by atoms with E-state index in [1.807, 2.05) is 30.3 Å². The van der Waals surface area contributed by atoms with E-state index in [-0.39, 0.29) is 46.4 Å². The molecule has 1 N–H and O–H groups in total. The molecule has 0 radical (unpaired) electrons. The summed E-state index contributed by atoms with van der Waals surface area (Å²) in [4.78, 5) is 18.7. The van der Waals surface area contributed by atoms with E-state index in [1.165, 1.54) is 31.1 Å². The molecule has 17 heteroatoms. The predicted octanol–water partition coefficient (Wildman–Crippen LogP) is 3.53. The fourth-order valence-electron chi connectivity index (χ4n) is 3.76. The number of nitrogens with one attached hydrogen (secondary N) is 1. The molecular weight excluding hydrogens is 685 g/mol. The van der Waals surface area contributed by atoms with Gasteiger partial charge in [-0.2, -0.15) is 4.98 Å². The molecule has 0 bridgehead atoms. The van der Waals surface area contributed by atoms with Crippen LogP contribution in [0.2, 0.25) is 15.7 Å². The molecule has 0 fully saturated rings. The minimum Gasteiger partial charge on any atom is -1.00 e. The number of aromatic amines is 1. The van der Waals surface area contributed by atoms with Crippen molar-refractivity contribution < 1.29 is 53.6 Å². The Hall–Kier alpha value is -2.62. The zero-order valence-electron chi connectivity index (χ0n) is 25.5. The van der Waals surface area contributed by atoms with Gasteiger partial charge in [0.05, 0.1) is 23.8 Å². The maximum Gasteiger partial charge on any atom is 1.00 e. The van der Waals surface area contributed by atoms with Crippen molar-refractivity contribution in [1.29, 1.82) is 0 Å². The number of halogens is 4. The first-order chi connectivity index (χ1) is 20.8. The van der Waals surface area contributed by atoms with E-state index in [9.17, 15) is 21.2 Å². The van der Waals surface area contributed by atoms with Crippen LogP contribution in [0.4, 0.5) is 4.39 Å². The Balaban J connectivity index is 0.000000351. The number of benzene rings is 2. The van der Waals surface area contributed by atoms with E-state index in [1.54, 1.807) is 41.1 Å². The van der Waals surface area contributed by atoms with Gasteiger partial charge < -0.3 is 6.41 Å². The molecule has 0 unspecified atom stereocenters. The normalized spacial score (nSPS) is 11.1. The maximum absolute atomic E-state index is 11.9. The Morgan fingerprint density at radius 3 is 1.91 bits per heavy atom. The Morgan fingerprint density at radius 2 is 1.36 bits per heavy atom. The van der Waals surface area contributed by atoms with Gasteiger partial charge in [-0.15, -0.1) is 0 Å². The van der Waals surface area contributed by atoms with E-state index < -0.39 is 26.8 Å². The van der Waals surface area contributed by atoms with Crippen LogP contribution in [0.1, 0.15) is 2.80 Å². The number of hydrogen-bond acceptors (Lipinski definition) is 8. The van der Waals surface area contributed by atoms with Crippen LogP contribution in [0.25, 0.3) is 27.6 Å². The van der Waals surface area contributed by atoms with Crippen LogP contribution in [0.15, 0.2) is 95.2 Å². The summed E-state index contributed by atoms with van der Waals surface area (Å²) in [5.41, 5.74) is 1.60. The van der Waals surface area contributed by atoms with Gasteiger partial charge in [-0.25, -0.2) is 31.8 Å². The van der Waals surface area contributed by atoms with Gasteiger partial charge in [-0.05, 0) is 47.5 Å². The first-order valence-corrected chi connectivity index (χ1v) is 16.7. The predicted molar refractivity (Wildman–Crippen MR) is 169 cm³/mol. The van der Waals surface area contributed by atoms with E-state index in [4.69, 9.17) is 36.2 Å². The zero-order valence-corrected chi connectivity index (χ0v) is 29.4. The van der Waals surface area contributed by atoms with Crippen molar-refractivity contribution in [3.8, 4) is 5.82 Å². The third-order valence-electron chi connectivity index (χ3n) is 5.48. The van der Waals surface area contributed by atoms with Gasteiger partial charge in [0.15, 0.2) is 19.7 Å². The molecule has 0 spiro atoms. The molecule has 0 atom stereocenters. The zero-order chi connectivity index (χ0) is 32.5. The number of para-hydroxylation sites is 2. The van der Waals surface area contributed by atoms with E-state index in [2.05, 4.69) is 24.9 Å². The van der Waals surface area contributed by atoms with Crippen LogP contribution >= 0.6 is 34.8 Å². The molecule has 4 aromatic heterocycles. The summed E-state index contributed by atoms with van der Waals surface area (Å²) < 4.78 is 63.5. The molecule has 0 saturated heterocycles. The standard InChI is InChI=1S/C13H10ClN3O2S.C9H9NO2S.C4H2Cl2N2.CH3F.Na.H/c1-20(18,19)11-8-17(10-5-3-2-4-9(10)11)12-6-7-15-13(14)16-12;1-13(11,12)9-6-10-8-5-3-2-4-7(8)9;5-3-1-2-7-4(6)8-3;1-2;;/h2-8H,1H3;2-6,10H,1H3;1-2H;1H3;;/q;;;;+1;-1/i;;;1D;;. The van der Waals surface area contributed by atoms with Crippen LogP contribution in [-0.4, -0.2) is 66.0 Å². The number of nitrogens with zero attached hydrogens (tertiary/aromatic N) is 5. The molecule has 2 aromatic carbocycles. The van der Waals surface area contributed by atoms with Crippen LogP contribution in [-0.2, 0) is 19.7 Å². The van der Waals surface area contributed by atoms with Gasteiger partial charge in [0.1, 0.15) is 11.0 Å². The Kier molecular flexibility index (Phi) is 13.5. The minimum atomic E-state index is -3.32. The first kappa shape index (κ1) is 35.9. The maximum atomic E-state index is 11.9. The van der Waals surface area contributed by atoms with Crippen molar-refractivity contribution in [2.24, 2.45) is 0 Å². The fourth-order valence-corrected chi connectivity index (χ4v) is 5.95. The van der Waals surface area contributed by atoms with Crippen molar-refractivity contribution in [3.05, 3.63) is 101 Å². The molecular formula is C27H25Cl3FN6NaO4S2. The van der Waals surface area contributed by atoms with Crippen LogP contribution in [0.3, 0.4) is 0 Å². The molecule has 10 nitrogen and oxygen atoms in total. The van der Waals surface area contributed by atoms with Crippen molar-refractivity contribution in [3.63, 3.8) is 0 Å². The van der Waals surface area contributed by atoms with E-state index >= 15 is 0 Å². The summed E-state index contributed by atoms with van der Waals surface area (Å²) in [6, 6.07) is 17.8. The van der Waals surface area contributed by atoms with Crippen molar-refractivity contribution >= 4 is 76.3 Å². The summed E-state index contributed by atoms with van der Waals surface area (Å²) in [6.07, 6.45) is 8.50. The van der Waals surface area contributed by atoms with Gasteiger partial charge in [0.25, 0.3) is 0 Å². The van der Waals surface area contributed by atoms with Crippen molar-refractivity contribution in [1.82, 2.24) is 29.5 Å². The van der Waals surface area contributed by atoms with Crippen LogP contribution < -0.4 is 29.6 Å². The van der Waals surface area contributed by atoms with Gasteiger partial charge >= 0.3 is 29.6 Å². The molecule has 6 rings (SSSR count). The minimum absolute atomic E-state index is 0. The SMILES string of the molecule is CS(=O)(=O)c1c[nH]c2ccccc12.CS(=O)(=O)c1cn(-c2ccnc(Cl)n2)c2ccccc12.Clc1ccnc(Cl)n1.[2H]CF.[H-].[Na+]. The van der Waals surface area contributed by atoms with Gasteiger partial charge in [0, 0.05) is 53.6 Å². The third-order valence-corrected chi connectivity index (χ3v) is 8.31. The summed E-state index contributed by atoms with van der Waals surface area (Å²) in [6.45, 7) is 0. The third kappa shape index (κ3) is 9.94. The summed E-state index contributed by atoms with van der Waals surface area (Å²) in [7, 11) is -7.44. The fraction of sp³-hybridized carbons (Fsp3) is 0.111. The monoisotopic (exact) mass is 709 g/mol. The number of fused-ring (bicyclic) bond motifs is 2. The number of H-pyrrole nitrogens is 1. The molecule has 0 aliphatic heterocycles. The van der Waals surface area contributed by atoms with Crippen LogP contribution in [0, 0.1) is 0 Å². The molecule has 0 amide bonds. The molecule has 44 heavy (non-hydrogen) atoms. The van der Waals surface area contributed by atoms with Crippen molar-refractivity contribution in [2.75, 3.05) is 19.7 Å². The molecule has 4 heterocycles. The number of alkyl halides is 1. The van der Waals surface area contributed by atoms with Gasteiger partial charge in [-0.1, -0.05) is 48.0 Å². The first-order valence-electron chi connectivity index (χ1n) is 12.5. The second-order valence-electron chi connectivity index (χ2n) is 8.46. The molecule has 0 aliphatic carbocycles. The Morgan fingerprint density at radius 1 is 0.818 bits per heavy atom. The van der Waals surface area contributed by atoms with E-state index in [0.717, 1.165) is 16.4 Å². The smallest absolute Gasteiger partial charge is 1.00 e. The number of sulfone groups is 2. The Bertz CT molecular complexity index is 2090. The van der Waals surface area contributed by atoms with Crippen LogP contribution in [0.5, 0.6) is 0 Å². The summed E-state index contributed by atoms with van der Waals surface area (Å²) in [5, 5.41) is 2.07. The molecule has 0 aliphatic rings. The summed E-state index contributed by atoms with van der Waals surface area (Å²) in [5.74, 6) is 0.524. The number of hydrogen-bond donors (Lipinski definition) is 1. The molecule has 228 valence electrons.